The number of amidine groups is 1. The summed E-state index contributed by atoms with van der Waals surface area (Å²) in [7, 11) is 0. The first-order chi connectivity index (χ1) is 13.5. The van der Waals surface area contributed by atoms with Crippen molar-refractivity contribution in [2.45, 2.75) is 12.0 Å². The number of hydrogen-bond donors (Lipinski definition) is 1. The number of nitrogens with two attached hydrogens (primary N) is 1. The van der Waals surface area contributed by atoms with Gasteiger partial charge in [-0.25, -0.2) is 0 Å². The highest BCUT2D eigenvalue weighted by Gasteiger charge is 3.02. The van der Waals surface area contributed by atoms with Gasteiger partial charge in [-0.2, -0.15) is 15.5 Å². The predicted octanol–water partition coefficient (Wildman–Crippen LogP) is 1.40. The van der Waals surface area contributed by atoms with E-state index in [1.165, 1.54) is 4.90 Å². The molecule has 1 aliphatic carbocycles. The molecule has 3 aliphatic rings. The van der Waals surface area contributed by atoms with Gasteiger partial charge in [0.2, 0.25) is 5.91 Å². The van der Waals surface area contributed by atoms with Crippen LogP contribution in [0.25, 0.3) is 0 Å². The Morgan fingerprint density at radius 2 is 1.61 bits per heavy atom. The molecule has 28 heavy (non-hydrogen) atoms. The van der Waals surface area contributed by atoms with Crippen molar-refractivity contribution in [2.24, 2.45) is 21.6 Å². The Labute approximate surface area is 160 Å². The van der Waals surface area contributed by atoms with Crippen LogP contribution in [0.4, 0.5) is 5.69 Å². The number of benzene rings is 2. The summed E-state index contributed by atoms with van der Waals surface area (Å²) in [5.41, 5.74) is 2.57. The molecule has 2 aliphatic heterocycles. The molecule has 3 atom stereocenters. The molecule has 2 heterocycles. The highest BCUT2D eigenvalue weighted by molar-refractivity contribution is 6.30. The topological polar surface area (TPSA) is 123 Å². The molecule has 7 heteroatoms. The van der Waals surface area contributed by atoms with E-state index in [1.54, 1.807) is 24.3 Å². The third-order valence-electron chi connectivity index (χ3n) is 6.24. The van der Waals surface area contributed by atoms with E-state index in [9.17, 15) is 20.1 Å². The molecule has 0 radical (unpaired) electrons. The van der Waals surface area contributed by atoms with E-state index in [0.717, 1.165) is 5.56 Å². The van der Waals surface area contributed by atoms with Gasteiger partial charge in [-0.1, -0.05) is 48.5 Å². The lowest BCUT2D eigenvalue weighted by atomic mass is 9.85. The summed E-state index contributed by atoms with van der Waals surface area (Å²) in [4.78, 5) is 31.7. The van der Waals surface area contributed by atoms with Crippen LogP contribution in [-0.2, 0) is 21.5 Å². The van der Waals surface area contributed by atoms with Gasteiger partial charge in [-0.05, 0) is 17.2 Å². The molecular weight excluding hydrogens is 354 g/mol. The van der Waals surface area contributed by atoms with E-state index in [0.29, 0.717) is 11.3 Å². The van der Waals surface area contributed by atoms with E-state index < -0.39 is 28.1 Å². The number of aliphatic imine (C=N–C) groups is 1. The van der Waals surface area contributed by atoms with E-state index in [-0.39, 0.29) is 12.4 Å². The number of rotatable bonds is 2. The molecular formula is C21H13N5O2. The second-order valence-electron chi connectivity index (χ2n) is 7.17. The maximum atomic E-state index is 13.7. The highest BCUT2D eigenvalue weighted by atomic mass is 16.2. The van der Waals surface area contributed by atoms with Gasteiger partial charge < -0.3 is 10.6 Å². The number of amides is 2. The largest absolute Gasteiger partial charge is 0.386 e. The molecule has 5 rings (SSSR count). The molecule has 2 aromatic rings. The van der Waals surface area contributed by atoms with Crippen molar-refractivity contribution in [1.82, 2.24) is 0 Å². The molecule has 134 valence electrons. The van der Waals surface area contributed by atoms with Gasteiger partial charge >= 0.3 is 0 Å². The van der Waals surface area contributed by atoms with Crippen LogP contribution in [0.1, 0.15) is 11.1 Å². The molecule has 1 saturated carbocycles. The van der Waals surface area contributed by atoms with E-state index in [4.69, 9.17) is 5.73 Å². The zero-order chi connectivity index (χ0) is 19.7. The number of nitrogens with zero attached hydrogens (tertiary/aromatic N) is 4. The van der Waals surface area contributed by atoms with Gasteiger partial charge in [0.05, 0.1) is 18.7 Å². The lowest BCUT2D eigenvalue weighted by Gasteiger charge is -2.19. The molecule has 1 fully saturated rings. The second kappa shape index (κ2) is 4.85. The Kier molecular flexibility index (Phi) is 2.81. The molecule has 2 aromatic carbocycles. The van der Waals surface area contributed by atoms with Crippen LogP contribution in [0.5, 0.6) is 0 Å². The Bertz CT molecular complexity index is 1190. The maximum Gasteiger partial charge on any atom is 0.271 e. The van der Waals surface area contributed by atoms with Crippen LogP contribution < -0.4 is 10.6 Å². The van der Waals surface area contributed by atoms with E-state index in [2.05, 4.69) is 4.99 Å². The summed E-state index contributed by atoms with van der Waals surface area (Å²) < 4.78 is 0. The fourth-order valence-corrected chi connectivity index (χ4v) is 5.09. The van der Waals surface area contributed by atoms with Crippen LogP contribution in [0.3, 0.4) is 0 Å². The standard InChI is InChI=1S/C21H13N5O2/c22-11-19-16(24)25-17(27)20(19,12-23)21(19)14-8-4-5-9-15(14)26(18(21)28)10-13-6-2-1-3-7-13/h1-9H,10H2,(H2,24,25,27). The second-order valence-corrected chi connectivity index (χ2v) is 7.17. The van der Waals surface area contributed by atoms with Crippen LogP contribution >= 0.6 is 0 Å². The predicted molar refractivity (Wildman–Crippen MR) is 98.5 cm³/mol. The minimum Gasteiger partial charge on any atom is -0.386 e. The number of anilines is 1. The third kappa shape index (κ3) is 1.32. The maximum absolute atomic E-state index is 13.7. The first kappa shape index (κ1) is 16.2. The zero-order valence-corrected chi connectivity index (χ0v) is 14.6. The lowest BCUT2D eigenvalue weighted by molar-refractivity contribution is -0.126. The van der Waals surface area contributed by atoms with Crippen molar-refractivity contribution in [3.8, 4) is 12.1 Å². The first-order valence-corrected chi connectivity index (χ1v) is 8.70. The van der Waals surface area contributed by atoms with Gasteiger partial charge in [0.25, 0.3) is 5.91 Å². The summed E-state index contributed by atoms with van der Waals surface area (Å²) in [5, 5.41) is 20.0. The van der Waals surface area contributed by atoms with Crippen molar-refractivity contribution in [2.75, 3.05) is 4.90 Å². The summed E-state index contributed by atoms with van der Waals surface area (Å²) >= 11 is 0. The average molecular weight is 367 g/mol. The molecule has 0 saturated heterocycles. The molecule has 0 bridgehead atoms. The lowest BCUT2D eigenvalue weighted by Crippen LogP contribution is -2.41. The Balaban J connectivity index is 1.77. The molecule has 7 nitrogen and oxygen atoms in total. The van der Waals surface area contributed by atoms with E-state index >= 15 is 0 Å². The van der Waals surface area contributed by atoms with Crippen LogP contribution in [0.15, 0.2) is 59.6 Å². The number of fused-ring (bicyclic) bond motifs is 5. The first-order valence-electron chi connectivity index (χ1n) is 8.70. The normalized spacial score (nSPS) is 31.8. The summed E-state index contributed by atoms with van der Waals surface area (Å²) in [6, 6.07) is 20.3. The molecule has 2 N–H and O–H groups in total. The van der Waals surface area contributed by atoms with Gasteiger partial charge in [-0.3, -0.25) is 9.59 Å². The van der Waals surface area contributed by atoms with Crippen molar-refractivity contribution in [3.05, 3.63) is 65.7 Å². The number of para-hydroxylation sites is 1. The number of hydrogen-bond acceptors (Lipinski definition) is 5. The minimum atomic E-state index is -1.92. The van der Waals surface area contributed by atoms with Crippen molar-refractivity contribution in [3.63, 3.8) is 0 Å². The Morgan fingerprint density at radius 3 is 2.25 bits per heavy atom. The zero-order valence-electron chi connectivity index (χ0n) is 14.6. The van der Waals surface area contributed by atoms with Crippen molar-refractivity contribution >= 4 is 23.3 Å². The Morgan fingerprint density at radius 1 is 0.964 bits per heavy atom. The highest BCUT2D eigenvalue weighted by Crippen LogP contribution is 2.83. The molecule has 0 aromatic heterocycles. The summed E-state index contributed by atoms with van der Waals surface area (Å²) in [5.74, 6) is -1.54. The van der Waals surface area contributed by atoms with Gasteiger partial charge in [0.15, 0.2) is 10.8 Å². The van der Waals surface area contributed by atoms with Crippen LogP contribution in [-0.4, -0.2) is 17.6 Å². The van der Waals surface area contributed by atoms with Gasteiger partial charge in [-0.15, -0.1) is 0 Å². The van der Waals surface area contributed by atoms with Crippen molar-refractivity contribution < 1.29 is 9.59 Å². The summed E-state index contributed by atoms with van der Waals surface area (Å²) in [6.07, 6.45) is 0. The Hall–Kier alpha value is -3.97. The number of carbonyl (C=O) groups is 2. The minimum absolute atomic E-state index is 0.257. The molecule has 1 spiro atoms. The molecule has 3 unspecified atom stereocenters. The number of nitriles is 2. The number of carbonyl (C=O) groups excluding carboxylic acids is 2. The molecule has 2 amide bonds. The smallest absolute Gasteiger partial charge is 0.271 e. The average Bonchev–Trinajstić information content (AvgIpc) is 3.11. The van der Waals surface area contributed by atoms with E-state index in [1.807, 2.05) is 42.5 Å². The quantitative estimate of drug-likeness (QED) is 0.859. The fourth-order valence-electron chi connectivity index (χ4n) is 5.09. The van der Waals surface area contributed by atoms with Crippen molar-refractivity contribution in [1.29, 1.82) is 10.5 Å². The van der Waals surface area contributed by atoms with Gasteiger partial charge in [0, 0.05) is 5.69 Å². The van der Waals surface area contributed by atoms with Gasteiger partial charge in [0.1, 0.15) is 11.3 Å². The van der Waals surface area contributed by atoms with Crippen LogP contribution in [0.2, 0.25) is 0 Å². The summed E-state index contributed by atoms with van der Waals surface area (Å²) in [6.45, 7) is 0.257. The third-order valence-corrected chi connectivity index (χ3v) is 6.24. The SMILES string of the molecule is N#CC12C(=O)N=C(N)C1(C#N)C21C(=O)N(Cc2ccccc2)c2ccccc21. The van der Waals surface area contributed by atoms with Crippen LogP contribution in [0, 0.1) is 33.5 Å². The monoisotopic (exact) mass is 367 g/mol. The fraction of sp³-hybridized carbons (Fsp3) is 0.190.